The van der Waals surface area contributed by atoms with Crippen molar-refractivity contribution >= 4 is 5.91 Å². The number of aromatic nitrogens is 1. The van der Waals surface area contributed by atoms with E-state index in [1.807, 2.05) is 0 Å². The van der Waals surface area contributed by atoms with Gasteiger partial charge in [0, 0.05) is 19.9 Å². The molecule has 0 saturated carbocycles. The molecule has 1 aromatic heterocycles. The molecule has 1 unspecified atom stereocenters. The first-order chi connectivity index (χ1) is 9.15. The number of halogens is 1. The van der Waals surface area contributed by atoms with Crippen molar-refractivity contribution in [1.82, 2.24) is 15.6 Å². The van der Waals surface area contributed by atoms with Crippen LogP contribution in [0.2, 0.25) is 0 Å². The average Bonchev–Trinajstić information content (AvgIpc) is 2.85. The molecule has 2 rings (SSSR count). The fourth-order valence-corrected chi connectivity index (χ4v) is 2.36. The van der Waals surface area contributed by atoms with Gasteiger partial charge in [0.15, 0.2) is 0 Å². The molecule has 0 aromatic carbocycles. The van der Waals surface area contributed by atoms with Crippen LogP contribution in [0.5, 0.6) is 0 Å². The van der Waals surface area contributed by atoms with Gasteiger partial charge < -0.3 is 15.4 Å². The van der Waals surface area contributed by atoms with Crippen LogP contribution < -0.4 is 10.6 Å². The Bertz CT molecular complexity index is 447. The predicted molar refractivity (Wildman–Crippen MR) is 68.4 cm³/mol. The van der Waals surface area contributed by atoms with Crippen molar-refractivity contribution in [3.05, 3.63) is 29.8 Å². The molecule has 5 nitrogen and oxygen atoms in total. The monoisotopic (exact) mass is 267 g/mol. The molecular formula is C13H18FN3O2. The van der Waals surface area contributed by atoms with Crippen LogP contribution in [-0.4, -0.2) is 43.2 Å². The number of methoxy groups -OCH3 is 1. The van der Waals surface area contributed by atoms with Crippen LogP contribution in [0, 0.1) is 5.82 Å². The standard InChI is InChI=1S/C13H18FN3O2/c1-19-9-13(3-2-4-17-13)8-16-12(18)10-5-11(14)7-15-6-10/h5-7,17H,2-4,8-9H2,1H3,(H,16,18). The highest BCUT2D eigenvalue weighted by Crippen LogP contribution is 2.18. The first kappa shape index (κ1) is 13.9. The summed E-state index contributed by atoms with van der Waals surface area (Å²) in [5.74, 6) is -0.838. The molecule has 0 radical (unpaired) electrons. The summed E-state index contributed by atoms with van der Waals surface area (Å²) in [7, 11) is 1.64. The number of hydrogen-bond acceptors (Lipinski definition) is 4. The van der Waals surface area contributed by atoms with E-state index in [-0.39, 0.29) is 17.0 Å². The summed E-state index contributed by atoms with van der Waals surface area (Å²) < 4.78 is 18.2. The molecule has 2 heterocycles. The summed E-state index contributed by atoms with van der Waals surface area (Å²) >= 11 is 0. The molecule has 1 aliphatic rings. The minimum Gasteiger partial charge on any atom is -0.383 e. The Balaban J connectivity index is 1.95. The highest BCUT2D eigenvalue weighted by atomic mass is 19.1. The van der Waals surface area contributed by atoms with Crippen molar-refractivity contribution in [2.24, 2.45) is 0 Å². The minimum absolute atomic E-state index is 0.217. The molecule has 1 aliphatic heterocycles. The zero-order chi connectivity index (χ0) is 13.7. The van der Waals surface area contributed by atoms with Gasteiger partial charge >= 0.3 is 0 Å². The fourth-order valence-electron chi connectivity index (χ4n) is 2.36. The third-order valence-electron chi connectivity index (χ3n) is 3.31. The molecule has 1 fully saturated rings. The van der Waals surface area contributed by atoms with Gasteiger partial charge in [-0.05, 0) is 25.5 Å². The third kappa shape index (κ3) is 3.48. The number of pyridine rings is 1. The third-order valence-corrected chi connectivity index (χ3v) is 3.31. The Morgan fingerprint density at radius 3 is 3.11 bits per heavy atom. The van der Waals surface area contributed by atoms with Crippen molar-refractivity contribution < 1.29 is 13.9 Å². The first-order valence-corrected chi connectivity index (χ1v) is 6.28. The highest BCUT2D eigenvalue weighted by molar-refractivity contribution is 5.93. The molecule has 0 bridgehead atoms. The smallest absolute Gasteiger partial charge is 0.253 e. The summed E-state index contributed by atoms with van der Waals surface area (Å²) in [6.45, 7) is 1.91. The second-order valence-electron chi connectivity index (χ2n) is 4.82. The van der Waals surface area contributed by atoms with Gasteiger partial charge in [-0.3, -0.25) is 9.78 Å². The number of hydrogen-bond donors (Lipinski definition) is 2. The highest BCUT2D eigenvalue weighted by Gasteiger charge is 2.33. The van der Waals surface area contributed by atoms with Gasteiger partial charge in [-0.25, -0.2) is 4.39 Å². The maximum Gasteiger partial charge on any atom is 0.253 e. The molecule has 0 spiro atoms. The van der Waals surface area contributed by atoms with Gasteiger partial charge in [-0.2, -0.15) is 0 Å². The Labute approximate surface area is 111 Å². The molecule has 2 N–H and O–H groups in total. The lowest BCUT2D eigenvalue weighted by Crippen LogP contribution is -2.53. The van der Waals surface area contributed by atoms with Crippen LogP contribution in [0.3, 0.4) is 0 Å². The normalized spacial score (nSPS) is 22.4. The van der Waals surface area contributed by atoms with Crippen molar-refractivity contribution in [3.63, 3.8) is 0 Å². The number of nitrogens with zero attached hydrogens (tertiary/aromatic N) is 1. The van der Waals surface area contributed by atoms with E-state index in [9.17, 15) is 9.18 Å². The van der Waals surface area contributed by atoms with Gasteiger partial charge in [-0.1, -0.05) is 0 Å². The van der Waals surface area contributed by atoms with Gasteiger partial charge in [0.05, 0.1) is 23.9 Å². The lowest BCUT2D eigenvalue weighted by Gasteiger charge is -2.28. The Kier molecular flexibility index (Phi) is 4.44. The maximum absolute atomic E-state index is 13.0. The van der Waals surface area contributed by atoms with E-state index in [1.165, 1.54) is 12.3 Å². The van der Waals surface area contributed by atoms with E-state index in [4.69, 9.17) is 4.74 Å². The molecule has 104 valence electrons. The van der Waals surface area contributed by atoms with E-state index in [0.29, 0.717) is 13.2 Å². The molecule has 1 atom stereocenters. The summed E-state index contributed by atoms with van der Waals surface area (Å²) in [4.78, 5) is 15.6. The molecule has 6 heteroatoms. The van der Waals surface area contributed by atoms with Gasteiger partial charge in [0.1, 0.15) is 5.82 Å². The van der Waals surface area contributed by atoms with E-state index >= 15 is 0 Å². The second-order valence-corrected chi connectivity index (χ2v) is 4.82. The van der Waals surface area contributed by atoms with Crippen molar-refractivity contribution in [2.75, 3.05) is 26.8 Å². The lowest BCUT2D eigenvalue weighted by molar-refractivity contribution is 0.0891. The summed E-state index contributed by atoms with van der Waals surface area (Å²) in [6, 6.07) is 1.17. The van der Waals surface area contributed by atoms with Gasteiger partial charge in [0.2, 0.25) is 0 Å². The van der Waals surface area contributed by atoms with Crippen molar-refractivity contribution in [3.8, 4) is 0 Å². The van der Waals surface area contributed by atoms with Crippen LogP contribution in [0.4, 0.5) is 4.39 Å². The zero-order valence-corrected chi connectivity index (χ0v) is 10.9. The van der Waals surface area contributed by atoms with Crippen LogP contribution in [0.1, 0.15) is 23.2 Å². The zero-order valence-electron chi connectivity index (χ0n) is 10.9. The maximum atomic E-state index is 13.0. The van der Waals surface area contributed by atoms with Crippen LogP contribution in [0.15, 0.2) is 18.5 Å². The van der Waals surface area contributed by atoms with Crippen LogP contribution in [0.25, 0.3) is 0 Å². The summed E-state index contributed by atoms with van der Waals surface area (Å²) in [5, 5.41) is 6.17. The quantitative estimate of drug-likeness (QED) is 0.825. The van der Waals surface area contributed by atoms with E-state index in [2.05, 4.69) is 15.6 Å². The molecule has 1 aromatic rings. The number of carbonyl (C=O) groups excluding carboxylic acids is 1. The molecule has 1 amide bonds. The number of rotatable bonds is 5. The number of ether oxygens (including phenoxy) is 1. The summed E-state index contributed by atoms with van der Waals surface area (Å²) in [5.41, 5.74) is 0.0103. The van der Waals surface area contributed by atoms with Gasteiger partial charge in [0.25, 0.3) is 5.91 Å². The topological polar surface area (TPSA) is 63.2 Å². The minimum atomic E-state index is -0.516. The molecule has 19 heavy (non-hydrogen) atoms. The lowest BCUT2D eigenvalue weighted by atomic mass is 9.98. The number of amides is 1. The van der Waals surface area contributed by atoms with E-state index in [0.717, 1.165) is 25.6 Å². The summed E-state index contributed by atoms with van der Waals surface area (Å²) in [6.07, 6.45) is 4.43. The number of carbonyl (C=O) groups is 1. The SMILES string of the molecule is COCC1(CNC(=O)c2cncc(F)c2)CCCN1. The van der Waals surface area contributed by atoms with Crippen LogP contribution >= 0.6 is 0 Å². The first-order valence-electron chi connectivity index (χ1n) is 6.28. The molecule has 1 saturated heterocycles. The molecule has 0 aliphatic carbocycles. The molecular weight excluding hydrogens is 249 g/mol. The van der Waals surface area contributed by atoms with E-state index in [1.54, 1.807) is 7.11 Å². The fraction of sp³-hybridized carbons (Fsp3) is 0.538. The Hall–Kier alpha value is -1.53. The largest absolute Gasteiger partial charge is 0.383 e. The van der Waals surface area contributed by atoms with Crippen molar-refractivity contribution in [2.45, 2.75) is 18.4 Å². The van der Waals surface area contributed by atoms with Crippen molar-refractivity contribution in [1.29, 1.82) is 0 Å². The van der Waals surface area contributed by atoms with Crippen LogP contribution in [-0.2, 0) is 4.74 Å². The predicted octanol–water partition coefficient (Wildman–Crippen LogP) is 0.719. The number of nitrogens with one attached hydrogen (secondary N) is 2. The average molecular weight is 267 g/mol. The second kappa shape index (κ2) is 6.08. The van der Waals surface area contributed by atoms with Gasteiger partial charge in [-0.15, -0.1) is 0 Å². The Morgan fingerprint density at radius 1 is 1.63 bits per heavy atom. The van der Waals surface area contributed by atoms with E-state index < -0.39 is 5.82 Å². The Morgan fingerprint density at radius 2 is 2.47 bits per heavy atom.